The van der Waals surface area contributed by atoms with Gasteiger partial charge in [0, 0.05) is 0 Å². The summed E-state index contributed by atoms with van der Waals surface area (Å²) in [5, 5.41) is 19.8. The standard InChI is InChI=1S/C22H23NO5/c1-2-3-4-5-12-28-15-8-6-14(7-9-15)23-16-13-19(26)20-17(24)10-11-18(25)21(20)22(16)27/h6-11,24-25H,2-5,12-13H2,1H3. The lowest BCUT2D eigenvalue weighted by atomic mass is 9.86. The van der Waals surface area contributed by atoms with Crippen molar-refractivity contribution in [1.29, 1.82) is 0 Å². The lowest BCUT2D eigenvalue weighted by molar-refractivity contribution is 0.0960. The Bertz CT molecular complexity index is 915. The summed E-state index contributed by atoms with van der Waals surface area (Å²) in [7, 11) is 0. The molecule has 0 atom stereocenters. The first-order valence-corrected chi connectivity index (χ1v) is 9.44. The van der Waals surface area contributed by atoms with Crippen molar-refractivity contribution >= 4 is 23.0 Å². The highest BCUT2D eigenvalue weighted by Gasteiger charge is 2.34. The Hall–Kier alpha value is -3.15. The van der Waals surface area contributed by atoms with Crippen LogP contribution in [0.15, 0.2) is 41.4 Å². The molecule has 2 aromatic rings. The molecule has 28 heavy (non-hydrogen) atoms. The van der Waals surface area contributed by atoms with E-state index in [0.29, 0.717) is 12.3 Å². The molecule has 0 saturated heterocycles. The van der Waals surface area contributed by atoms with Crippen LogP contribution in [0.5, 0.6) is 17.2 Å². The van der Waals surface area contributed by atoms with Crippen LogP contribution in [0.25, 0.3) is 0 Å². The Morgan fingerprint density at radius 2 is 1.61 bits per heavy atom. The molecule has 6 heteroatoms. The zero-order chi connectivity index (χ0) is 20.1. The van der Waals surface area contributed by atoms with Crippen molar-refractivity contribution in [3.8, 4) is 17.2 Å². The van der Waals surface area contributed by atoms with Crippen molar-refractivity contribution in [1.82, 2.24) is 0 Å². The van der Waals surface area contributed by atoms with Gasteiger partial charge in [0.2, 0.25) is 5.78 Å². The molecule has 1 aliphatic carbocycles. The molecule has 0 fully saturated rings. The second kappa shape index (κ2) is 8.69. The van der Waals surface area contributed by atoms with Crippen LogP contribution in [-0.4, -0.2) is 34.1 Å². The van der Waals surface area contributed by atoms with Crippen LogP contribution in [0.3, 0.4) is 0 Å². The third-order valence-corrected chi connectivity index (χ3v) is 4.62. The number of Topliss-reactive ketones (excluding diaryl/α,β-unsaturated/α-hetero) is 2. The van der Waals surface area contributed by atoms with E-state index in [9.17, 15) is 19.8 Å². The number of ether oxygens (including phenoxy) is 1. The monoisotopic (exact) mass is 381 g/mol. The lowest BCUT2D eigenvalue weighted by Gasteiger charge is -2.17. The molecule has 146 valence electrons. The van der Waals surface area contributed by atoms with Gasteiger partial charge < -0.3 is 14.9 Å². The molecule has 2 aromatic carbocycles. The summed E-state index contributed by atoms with van der Waals surface area (Å²) in [5.41, 5.74) is 0.210. The van der Waals surface area contributed by atoms with Crippen molar-refractivity contribution in [3.05, 3.63) is 47.5 Å². The maximum atomic E-state index is 12.7. The molecule has 0 amide bonds. The van der Waals surface area contributed by atoms with Crippen LogP contribution >= 0.6 is 0 Å². The summed E-state index contributed by atoms with van der Waals surface area (Å²) >= 11 is 0. The van der Waals surface area contributed by atoms with E-state index in [1.54, 1.807) is 24.3 Å². The largest absolute Gasteiger partial charge is 0.507 e. The van der Waals surface area contributed by atoms with Gasteiger partial charge in [0.1, 0.15) is 17.2 Å². The Balaban J connectivity index is 1.74. The minimum Gasteiger partial charge on any atom is -0.507 e. The zero-order valence-corrected chi connectivity index (χ0v) is 15.8. The summed E-state index contributed by atoms with van der Waals surface area (Å²) in [6.07, 6.45) is 4.30. The fraction of sp³-hybridized carbons (Fsp3) is 0.318. The Labute approximate surface area is 163 Å². The molecule has 6 nitrogen and oxygen atoms in total. The normalized spacial score (nSPS) is 15.0. The molecule has 0 aromatic heterocycles. The molecular weight excluding hydrogens is 358 g/mol. The van der Waals surface area contributed by atoms with E-state index in [1.165, 1.54) is 25.0 Å². The highest BCUT2D eigenvalue weighted by molar-refractivity contribution is 6.53. The summed E-state index contributed by atoms with van der Waals surface area (Å²) in [6.45, 7) is 2.81. The number of hydrogen-bond acceptors (Lipinski definition) is 6. The molecule has 0 aliphatic heterocycles. The number of carbonyl (C=O) groups is 2. The van der Waals surface area contributed by atoms with E-state index in [1.807, 2.05) is 0 Å². The maximum Gasteiger partial charge on any atom is 0.212 e. The van der Waals surface area contributed by atoms with Crippen molar-refractivity contribution in [2.45, 2.75) is 39.0 Å². The average Bonchev–Trinajstić information content (AvgIpc) is 2.68. The Morgan fingerprint density at radius 3 is 2.29 bits per heavy atom. The van der Waals surface area contributed by atoms with Crippen molar-refractivity contribution in [2.24, 2.45) is 4.99 Å². The van der Waals surface area contributed by atoms with E-state index in [2.05, 4.69) is 11.9 Å². The third-order valence-electron chi connectivity index (χ3n) is 4.62. The number of nitrogens with zero attached hydrogens (tertiary/aromatic N) is 1. The van der Waals surface area contributed by atoms with Crippen LogP contribution in [0.2, 0.25) is 0 Å². The molecule has 0 spiro atoms. The molecule has 0 heterocycles. The summed E-state index contributed by atoms with van der Waals surface area (Å²) in [4.78, 5) is 29.3. The number of ketones is 2. The van der Waals surface area contributed by atoms with Crippen molar-refractivity contribution < 1.29 is 24.5 Å². The molecule has 3 rings (SSSR count). The smallest absolute Gasteiger partial charge is 0.212 e. The summed E-state index contributed by atoms with van der Waals surface area (Å²) < 4.78 is 5.68. The predicted molar refractivity (Wildman–Crippen MR) is 106 cm³/mol. The lowest BCUT2D eigenvalue weighted by Crippen LogP contribution is -2.27. The van der Waals surface area contributed by atoms with Crippen molar-refractivity contribution in [3.63, 3.8) is 0 Å². The zero-order valence-electron chi connectivity index (χ0n) is 15.8. The van der Waals surface area contributed by atoms with Gasteiger partial charge in [0.15, 0.2) is 5.78 Å². The first-order valence-electron chi connectivity index (χ1n) is 9.44. The number of aliphatic imine (C=N–C) groups is 1. The molecule has 2 N–H and O–H groups in total. The fourth-order valence-electron chi connectivity index (χ4n) is 3.14. The average molecular weight is 381 g/mol. The molecular formula is C22H23NO5. The second-order valence-corrected chi connectivity index (χ2v) is 6.74. The highest BCUT2D eigenvalue weighted by atomic mass is 16.5. The van der Waals surface area contributed by atoms with Crippen LogP contribution < -0.4 is 4.74 Å². The molecule has 0 radical (unpaired) electrons. The number of aromatic hydroxyl groups is 2. The number of phenolic OH excluding ortho intramolecular Hbond substituents is 2. The van der Waals surface area contributed by atoms with Gasteiger partial charge >= 0.3 is 0 Å². The van der Waals surface area contributed by atoms with Crippen LogP contribution in [0.4, 0.5) is 5.69 Å². The SMILES string of the molecule is CCCCCCOc1ccc(N=C2CC(=O)c3c(O)ccc(O)c3C2=O)cc1. The van der Waals surface area contributed by atoms with Gasteiger partial charge in [-0.15, -0.1) is 0 Å². The number of rotatable bonds is 7. The fourth-order valence-corrected chi connectivity index (χ4v) is 3.14. The van der Waals surface area contributed by atoms with Gasteiger partial charge in [-0.25, -0.2) is 4.99 Å². The Kier molecular flexibility index (Phi) is 6.09. The van der Waals surface area contributed by atoms with Gasteiger partial charge in [-0.1, -0.05) is 26.2 Å². The maximum absolute atomic E-state index is 12.7. The van der Waals surface area contributed by atoms with Gasteiger partial charge in [0.05, 0.1) is 35.6 Å². The number of benzene rings is 2. The van der Waals surface area contributed by atoms with E-state index in [-0.39, 0.29) is 34.8 Å². The minimum atomic E-state index is -0.556. The number of phenols is 2. The first-order chi connectivity index (χ1) is 13.5. The van der Waals surface area contributed by atoms with Crippen LogP contribution in [0.1, 0.15) is 59.7 Å². The summed E-state index contributed by atoms with van der Waals surface area (Å²) in [6, 6.07) is 9.35. The van der Waals surface area contributed by atoms with Gasteiger partial charge in [0.25, 0.3) is 0 Å². The van der Waals surface area contributed by atoms with Crippen LogP contribution in [0, 0.1) is 0 Å². The topological polar surface area (TPSA) is 96.2 Å². The first kappa shape index (κ1) is 19.6. The van der Waals surface area contributed by atoms with Gasteiger partial charge in [-0.2, -0.15) is 0 Å². The third kappa shape index (κ3) is 4.22. The predicted octanol–water partition coefficient (Wildman–Crippen LogP) is 4.60. The highest BCUT2D eigenvalue weighted by Crippen LogP contribution is 2.34. The molecule has 0 saturated carbocycles. The van der Waals surface area contributed by atoms with E-state index < -0.39 is 11.6 Å². The number of hydrogen-bond donors (Lipinski definition) is 2. The molecule has 0 unspecified atom stereocenters. The quantitative estimate of drug-likeness (QED) is 0.540. The van der Waals surface area contributed by atoms with Crippen LogP contribution in [-0.2, 0) is 0 Å². The second-order valence-electron chi connectivity index (χ2n) is 6.74. The Morgan fingerprint density at radius 1 is 0.929 bits per heavy atom. The number of carbonyl (C=O) groups excluding carboxylic acids is 2. The van der Waals surface area contributed by atoms with E-state index >= 15 is 0 Å². The van der Waals surface area contributed by atoms with Gasteiger partial charge in [-0.3, -0.25) is 9.59 Å². The number of unbranched alkanes of at least 4 members (excludes halogenated alkanes) is 3. The molecule has 1 aliphatic rings. The molecule has 0 bridgehead atoms. The summed E-state index contributed by atoms with van der Waals surface area (Å²) in [5.74, 6) is -0.941. The van der Waals surface area contributed by atoms with E-state index in [4.69, 9.17) is 4.74 Å². The number of fused-ring (bicyclic) bond motifs is 1. The van der Waals surface area contributed by atoms with Gasteiger partial charge in [-0.05, 0) is 42.8 Å². The minimum absolute atomic E-state index is 0.0339. The van der Waals surface area contributed by atoms with E-state index in [0.717, 1.165) is 18.6 Å². The van der Waals surface area contributed by atoms with Crippen molar-refractivity contribution in [2.75, 3.05) is 6.61 Å².